The molecule has 2 amide bonds. The van der Waals surface area contributed by atoms with Gasteiger partial charge in [-0.25, -0.2) is 4.98 Å². The lowest BCUT2D eigenvalue weighted by Gasteiger charge is -2.16. The van der Waals surface area contributed by atoms with Crippen LogP contribution >= 0.6 is 0 Å². The maximum absolute atomic E-state index is 12.2. The normalized spacial score (nSPS) is 25.5. The highest BCUT2D eigenvalue weighted by Gasteiger charge is 2.49. The molecule has 3 rings (SSSR count). The van der Waals surface area contributed by atoms with Crippen LogP contribution in [0.2, 0.25) is 0 Å². The summed E-state index contributed by atoms with van der Waals surface area (Å²) in [7, 11) is 0. The summed E-state index contributed by atoms with van der Waals surface area (Å²) in [5.41, 5.74) is 0.909. The Morgan fingerprint density at radius 3 is 2.63 bits per heavy atom. The first-order valence-corrected chi connectivity index (χ1v) is 6.41. The van der Waals surface area contributed by atoms with Crippen LogP contribution in [0.5, 0.6) is 0 Å². The summed E-state index contributed by atoms with van der Waals surface area (Å²) in [6.07, 6.45) is 4.11. The van der Waals surface area contributed by atoms with E-state index in [-0.39, 0.29) is 35.9 Å². The molecule has 1 aliphatic heterocycles. The zero-order valence-corrected chi connectivity index (χ0v) is 10.4. The average molecular weight is 255 g/mol. The number of fused-ring (bicyclic) bond motifs is 1. The Bertz CT molecular complexity index is 569. The number of hydrogen-bond acceptors (Lipinski definition) is 4. The zero-order valence-electron chi connectivity index (χ0n) is 10.4. The van der Waals surface area contributed by atoms with Crippen LogP contribution in [0.1, 0.15) is 30.5 Å². The summed E-state index contributed by atoms with van der Waals surface area (Å²) in [6, 6.07) is 5.44. The smallest absolute Gasteiger partial charge is 0.233 e. The van der Waals surface area contributed by atoms with Crippen LogP contribution in [-0.4, -0.2) is 21.7 Å². The highest BCUT2D eigenvalue weighted by molar-refractivity contribution is 6.05. The number of carbonyl (C=O) groups is 2. The molecule has 2 atom stereocenters. The van der Waals surface area contributed by atoms with Crippen molar-refractivity contribution >= 4 is 11.8 Å². The minimum absolute atomic E-state index is 0.0831. The molecule has 1 saturated heterocycles. The van der Waals surface area contributed by atoms with Crippen molar-refractivity contribution in [1.82, 2.24) is 9.88 Å². The van der Waals surface area contributed by atoms with Gasteiger partial charge in [-0.3, -0.25) is 14.5 Å². The summed E-state index contributed by atoms with van der Waals surface area (Å²) in [6.45, 7) is 0.168. The summed E-state index contributed by atoms with van der Waals surface area (Å²) in [5, 5.41) is 8.98. The Morgan fingerprint density at radius 1 is 1.32 bits per heavy atom. The standard InChI is InChI=1S/C14H13N3O2/c15-7-12-9(3-2-6-16-12)8-17-13(18)10-4-1-5-11(10)14(17)19/h2-3,6,10-11H,1,4-5,8H2. The number of carbonyl (C=O) groups excluding carboxylic acids is 2. The molecular weight excluding hydrogens is 242 g/mol. The van der Waals surface area contributed by atoms with E-state index in [1.807, 2.05) is 6.07 Å². The maximum atomic E-state index is 12.2. The Kier molecular flexibility index (Phi) is 2.79. The lowest BCUT2D eigenvalue weighted by molar-refractivity contribution is -0.141. The van der Waals surface area contributed by atoms with Gasteiger partial charge in [0.25, 0.3) is 0 Å². The van der Waals surface area contributed by atoms with Crippen LogP contribution in [0, 0.1) is 23.2 Å². The monoisotopic (exact) mass is 255 g/mol. The molecule has 1 aliphatic carbocycles. The van der Waals surface area contributed by atoms with Gasteiger partial charge in [-0.05, 0) is 18.9 Å². The molecule has 19 heavy (non-hydrogen) atoms. The van der Waals surface area contributed by atoms with Crippen molar-refractivity contribution in [2.45, 2.75) is 25.8 Å². The molecular formula is C14H13N3O2. The number of aromatic nitrogens is 1. The molecule has 0 bridgehead atoms. The van der Waals surface area contributed by atoms with Gasteiger partial charge in [-0.1, -0.05) is 12.5 Å². The molecule has 2 aliphatic rings. The maximum Gasteiger partial charge on any atom is 0.233 e. The molecule has 0 N–H and O–H groups in total. The van der Waals surface area contributed by atoms with Gasteiger partial charge in [-0.2, -0.15) is 5.26 Å². The van der Waals surface area contributed by atoms with Crippen LogP contribution in [0.15, 0.2) is 18.3 Å². The van der Waals surface area contributed by atoms with E-state index in [1.165, 1.54) is 11.1 Å². The molecule has 0 radical (unpaired) electrons. The molecule has 2 fully saturated rings. The number of hydrogen-bond donors (Lipinski definition) is 0. The van der Waals surface area contributed by atoms with Crippen molar-refractivity contribution in [2.24, 2.45) is 11.8 Å². The van der Waals surface area contributed by atoms with Crippen LogP contribution in [-0.2, 0) is 16.1 Å². The number of rotatable bonds is 2. The topological polar surface area (TPSA) is 74.1 Å². The molecule has 1 saturated carbocycles. The predicted molar refractivity (Wildman–Crippen MR) is 65.3 cm³/mol. The van der Waals surface area contributed by atoms with E-state index in [0.717, 1.165) is 19.3 Å². The van der Waals surface area contributed by atoms with E-state index in [0.29, 0.717) is 5.56 Å². The van der Waals surface area contributed by atoms with Crippen LogP contribution in [0.4, 0.5) is 0 Å². The van der Waals surface area contributed by atoms with Gasteiger partial charge in [0.05, 0.1) is 18.4 Å². The van der Waals surface area contributed by atoms with Gasteiger partial charge in [0.1, 0.15) is 11.8 Å². The largest absolute Gasteiger partial charge is 0.278 e. The van der Waals surface area contributed by atoms with Crippen LogP contribution in [0.3, 0.4) is 0 Å². The molecule has 96 valence electrons. The minimum Gasteiger partial charge on any atom is -0.278 e. The number of nitrogens with zero attached hydrogens (tertiary/aromatic N) is 3. The Morgan fingerprint density at radius 2 is 2.00 bits per heavy atom. The highest BCUT2D eigenvalue weighted by atomic mass is 16.2. The highest BCUT2D eigenvalue weighted by Crippen LogP contribution is 2.40. The summed E-state index contributed by atoms with van der Waals surface area (Å²) >= 11 is 0. The minimum atomic E-state index is -0.130. The van der Waals surface area contributed by atoms with E-state index in [2.05, 4.69) is 4.98 Å². The second-order valence-corrected chi connectivity index (χ2v) is 5.03. The molecule has 1 aromatic heterocycles. The van der Waals surface area contributed by atoms with E-state index < -0.39 is 0 Å². The molecule has 1 aromatic rings. The van der Waals surface area contributed by atoms with Crippen molar-refractivity contribution in [1.29, 1.82) is 5.26 Å². The third-order valence-electron chi connectivity index (χ3n) is 4.01. The van der Waals surface area contributed by atoms with Crippen molar-refractivity contribution in [2.75, 3.05) is 0 Å². The number of pyridine rings is 1. The fraction of sp³-hybridized carbons (Fsp3) is 0.429. The van der Waals surface area contributed by atoms with Crippen molar-refractivity contribution in [3.63, 3.8) is 0 Å². The summed E-state index contributed by atoms with van der Waals surface area (Å²) < 4.78 is 0. The number of amides is 2. The van der Waals surface area contributed by atoms with Gasteiger partial charge in [0, 0.05) is 11.8 Å². The molecule has 2 unspecified atom stereocenters. The third-order valence-corrected chi connectivity index (χ3v) is 4.01. The molecule has 5 heteroatoms. The summed E-state index contributed by atoms with van der Waals surface area (Å²) in [4.78, 5) is 29.7. The quantitative estimate of drug-likeness (QED) is 0.745. The third kappa shape index (κ3) is 1.80. The molecule has 0 spiro atoms. The van der Waals surface area contributed by atoms with E-state index in [9.17, 15) is 9.59 Å². The second-order valence-electron chi connectivity index (χ2n) is 5.03. The molecule has 2 heterocycles. The van der Waals surface area contributed by atoms with Crippen LogP contribution < -0.4 is 0 Å². The number of imide groups is 1. The Labute approximate surface area is 110 Å². The predicted octanol–water partition coefficient (Wildman–Crippen LogP) is 1.24. The van der Waals surface area contributed by atoms with Crippen molar-refractivity contribution in [3.8, 4) is 6.07 Å². The van der Waals surface area contributed by atoms with E-state index in [4.69, 9.17) is 5.26 Å². The first-order valence-electron chi connectivity index (χ1n) is 6.41. The number of nitriles is 1. The molecule has 0 aromatic carbocycles. The fourth-order valence-electron chi connectivity index (χ4n) is 3.05. The average Bonchev–Trinajstić information content (AvgIpc) is 2.99. The van der Waals surface area contributed by atoms with E-state index in [1.54, 1.807) is 12.1 Å². The Balaban J connectivity index is 1.86. The van der Waals surface area contributed by atoms with Gasteiger partial charge in [0.15, 0.2) is 0 Å². The lowest BCUT2D eigenvalue weighted by Crippen LogP contribution is -2.31. The summed E-state index contributed by atoms with van der Waals surface area (Å²) in [5.74, 6) is -0.426. The van der Waals surface area contributed by atoms with E-state index >= 15 is 0 Å². The van der Waals surface area contributed by atoms with Gasteiger partial charge >= 0.3 is 0 Å². The Hall–Kier alpha value is -2.22. The van der Waals surface area contributed by atoms with Crippen LogP contribution in [0.25, 0.3) is 0 Å². The number of likely N-dealkylation sites (tertiary alicyclic amines) is 1. The lowest BCUT2D eigenvalue weighted by atomic mass is 10.00. The first-order chi connectivity index (χ1) is 9.22. The zero-order chi connectivity index (χ0) is 13.4. The molecule has 5 nitrogen and oxygen atoms in total. The fourth-order valence-corrected chi connectivity index (χ4v) is 3.05. The SMILES string of the molecule is N#Cc1ncccc1CN1C(=O)C2CCCC2C1=O. The van der Waals surface area contributed by atoms with Crippen molar-refractivity contribution in [3.05, 3.63) is 29.6 Å². The van der Waals surface area contributed by atoms with Gasteiger partial charge in [0.2, 0.25) is 11.8 Å². The van der Waals surface area contributed by atoms with Crippen molar-refractivity contribution < 1.29 is 9.59 Å². The second kappa shape index (κ2) is 4.47. The first kappa shape index (κ1) is 11.8. The van der Waals surface area contributed by atoms with Gasteiger partial charge < -0.3 is 0 Å². The van der Waals surface area contributed by atoms with Gasteiger partial charge in [-0.15, -0.1) is 0 Å².